The van der Waals surface area contributed by atoms with Crippen LogP contribution in [0.5, 0.6) is 5.75 Å². The highest BCUT2D eigenvalue weighted by molar-refractivity contribution is 5.43. The summed E-state index contributed by atoms with van der Waals surface area (Å²) in [7, 11) is 0. The van der Waals surface area contributed by atoms with Crippen molar-refractivity contribution in [2.24, 2.45) is 0 Å². The predicted octanol–water partition coefficient (Wildman–Crippen LogP) is 1.97. The van der Waals surface area contributed by atoms with Crippen LogP contribution >= 0.6 is 0 Å². The van der Waals surface area contributed by atoms with Crippen LogP contribution in [0.1, 0.15) is 24.7 Å². The minimum atomic E-state index is -0.360. The molecule has 1 aromatic carbocycles. The number of piperidine rings is 1. The lowest BCUT2D eigenvalue weighted by atomic mass is 10.1. The van der Waals surface area contributed by atoms with E-state index in [4.69, 9.17) is 9.26 Å². The predicted molar refractivity (Wildman–Crippen MR) is 85.2 cm³/mol. The topological polar surface area (TPSA) is 90.9 Å². The van der Waals surface area contributed by atoms with Crippen LogP contribution in [-0.4, -0.2) is 38.2 Å². The van der Waals surface area contributed by atoms with Crippen LogP contribution in [-0.2, 0) is 6.61 Å². The summed E-state index contributed by atoms with van der Waals surface area (Å²) in [5.41, 5.74) is 0.531. The normalized spacial score (nSPS) is 15.4. The van der Waals surface area contributed by atoms with E-state index in [9.17, 15) is 4.39 Å². The fraction of sp³-hybridized carbons (Fsp3) is 0.375. The van der Waals surface area contributed by atoms with Gasteiger partial charge in [-0.25, -0.2) is 9.07 Å². The van der Waals surface area contributed by atoms with E-state index < -0.39 is 0 Å². The number of hydrogen-bond donors (Lipinski definition) is 1. The maximum atomic E-state index is 13.1. The molecule has 9 heteroatoms. The van der Waals surface area contributed by atoms with Gasteiger partial charge in [0.1, 0.15) is 11.6 Å². The summed E-state index contributed by atoms with van der Waals surface area (Å²) in [6, 6.07) is 6.22. The van der Waals surface area contributed by atoms with Crippen LogP contribution in [0.4, 0.5) is 4.39 Å². The Labute approximate surface area is 143 Å². The summed E-state index contributed by atoms with van der Waals surface area (Å²) in [5, 5.41) is 15.5. The minimum absolute atomic E-state index is 0.0788. The Morgan fingerprint density at radius 2 is 2.20 bits per heavy atom. The molecule has 0 bridgehead atoms. The van der Waals surface area contributed by atoms with Crippen molar-refractivity contribution in [2.75, 3.05) is 13.1 Å². The summed E-state index contributed by atoms with van der Waals surface area (Å²) in [6.45, 7) is 2.03. The lowest BCUT2D eigenvalue weighted by Crippen LogP contribution is -2.29. The SMILES string of the molecule is Fc1cccc(OCc2noc(-c3cn(C4CCNCC4)nn3)n2)c1. The van der Waals surface area contributed by atoms with E-state index in [2.05, 4.69) is 25.8 Å². The number of hydrogen-bond acceptors (Lipinski definition) is 7. The van der Waals surface area contributed by atoms with Crippen LogP contribution in [0.2, 0.25) is 0 Å². The van der Waals surface area contributed by atoms with Gasteiger partial charge >= 0.3 is 0 Å². The molecule has 8 nitrogen and oxygen atoms in total. The molecule has 1 N–H and O–H groups in total. The molecule has 1 aliphatic rings. The summed E-state index contributed by atoms with van der Waals surface area (Å²) in [6.07, 6.45) is 3.85. The number of aromatic nitrogens is 5. The molecule has 1 aliphatic heterocycles. The number of ether oxygens (including phenoxy) is 1. The van der Waals surface area contributed by atoms with E-state index in [-0.39, 0.29) is 18.3 Å². The van der Waals surface area contributed by atoms with Crippen molar-refractivity contribution < 1.29 is 13.7 Å². The molecule has 3 aromatic rings. The Morgan fingerprint density at radius 1 is 1.32 bits per heavy atom. The van der Waals surface area contributed by atoms with Gasteiger partial charge in [-0.3, -0.25) is 0 Å². The molecule has 1 saturated heterocycles. The second-order valence-electron chi connectivity index (χ2n) is 5.83. The smallest absolute Gasteiger partial charge is 0.280 e. The third-order valence-corrected chi connectivity index (χ3v) is 4.04. The largest absolute Gasteiger partial charge is 0.485 e. The molecule has 130 valence electrons. The molecule has 2 aromatic heterocycles. The van der Waals surface area contributed by atoms with Crippen LogP contribution in [0, 0.1) is 5.82 Å². The molecule has 0 aliphatic carbocycles. The molecule has 0 radical (unpaired) electrons. The second kappa shape index (κ2) is 6.98. The van der Waals surface area contributed by atoms with E-state index in [1.54, 1.807) is 12.1 Å². The minimum Gasteiger partial charge on any atom is -0.485 e. The molecule has 0 unspecified atom stereocenters. The molecule has 0 atom stereocenters. The number of rotatable bonds is 5. The first kappa shape index (κ1) is 15.7. The monoisotopic (exact) mass is 344 g/mol. The van der Waals surface area contributed by atoms with Crippen molar-refractivity contribution in [3.8, 4) is 17.3 Å². The van der Waals surface area contributed by atoms with E-state index in [1.807, 2.05) is 10.9 Å². The van der Waals surface area contributed by atoms with Crippen LogP contribution in [0.25, 0.3) is 11.6 Å². The quantitative estimate of drug-likeness (QED) is 0.756. The van der Waals surface area contributed by atoms with Crippen molar-refractivity contribution in [1.82, 2.24) is 30.5 Å². The first-order valence-electron chi connectivity index (χ1n) is 8.12. The highest BCUT2D eigenvalue weighted by Gasteiger charge is 2.19. The average molecular weight is 344 g/mol. The van der Waals surface area contributed by atoms with Gasteiger partial charge in [-0.1, -0.05) is 16.4 Å². The van der Waals surface area contributed by atoms with E-state index in [1.165, 1.54) is 12.1 Å². The number of halogens is 1. The summed E-state index contributed by atoms with van der Waals surface area (Å²) < 4.78 is 25.6. The summed E-state index contributed by atoms with van der Waals surface area (Å²) >= 11 is 0. The van der Waals surface area contributed by atoms with Crippen molar-refractivity contribution in [2.45, 2.75) is 25.5 Å². The Bertz CT molecular complexity index is 843. The second-order valence-corrected chi connectivity index (χ2v) is 5.83. The highest BCUT2D eigenvalue weighted by Crippen LogP contribution is 2.21. The van der Waals surface area contributed by atoms with Gasteiger partial charge < -0.3 is 14.6 Å². The maximum absolute atomic E-state index is 13.1. The van der Waals surface area contributed by atoms with E-state index in [0.717, 1.165) is 25.9 Å². The zero-order chi connectivity index (χ0) is 17.1. The fourth-order valence-electron chi connectivity index (χ4n) is 2.75. The first-order valence-corrected chi connectivity index (χ1v) is 8.12. The third kappa shape index (κ3) is 3.66. The molecule has 0 amide bonds. The molecular formula is C16H17FN6O2. The zero-order valence-corrected chi connectivity index (χ0v) is 13.4. The maximum Gasteiger partial charge on any atom is 0.280 e. The van der Waals surface area contributed by atoms with Gasteiger partial charge in [-0.2, -0.15) is 4.98 Å². The molecule has 4 rings (SSSR count). The molecule has 3 heterocycles. The van der Waals surface area contributed by atoms with Gasteiger partial charge in [0.15, 0.2) is 12.3 Å². The Morgan fingerprint density at radius 3 is 3.04 bits per heavy atom. The van der Waals surface area contributed by atoms with E-state index >= 15 is 0 Å². The summed E-state index contributed by atoms with van der Waals surface area (Å²) in [5.74, 6) is 0.692. The van der Waals surface area contributed by atoms with Crippen molar-refractivity contribution >= 4 is 0 Å². The van der Waals surface area contributed by atoms with Crippen molar-refractivity contribution in [3.63, 3.8) is 0 Å². The van der Waals surface area contributed by atoms with Crippen molar-refractivity contribution in [3.05, 3.63) is 42.1 Å². The van der Waals surface area contributed by atoms with E-state index in [0.29, 0.717) is 23.3 Å². The van der Waals surface area contributed by atoms with Gasteiger partial charge in [0.2, 0.25) is 5.82 Å². The molecular weight excluding hydrogens is 327 g/mol. The van der Waals surface area contributed by atoms with Crippen LogP contribution in [0.15, 0.2) is 35.0 Å². The molecule has 0 spiro atoms. The van der Waals surface area contributed by atoms with Crippen molar-refractivity contribution in [1.29, 1.82) is 0 Å². The zero-order valence-electron chi connectivity index (χ0n) is 13.4. The summed E-state index contributed by atoms with van der Waals surface area (Å²) in [4.78, 5) is 4.25. The van der Waals surface area contributed by atoms with Gasteiger partial charge in [0.05, 0.1) is 12.2 Å². The number of nitrogens with one attached hydrogen (secondary N) is 1. The van der Waals surface area contributed by atoms with Gasteiger partial charge in [-0.05, 0) is 38.1 Å². The fourth-order valence-corrected chi connectivity index (χ4v) is 2.75. The van der Waals surface area contributed by atoms with Gasteiger partial charge in [0, 0.05) is 6.07 Å². The van der Waals surface area contributed by atoms with Crippen LogP contribution in [0.3, 0.4) is 0 Å². The lowest BCUT2D eigenvalue weighted by molar-refractivity contribution is 0.285. The van der Waals surface area contributed by atoms with Gasteiger partial charge in [0.25, 0.3) is 5.89 Å². The lowest BCUT2D eigenvalue weighted by Gasteiger charge is -2.21. The van der Waals surface area contributed by atoms with Gasteiger partial charge in [-0.15, -0.1) is 5.10 Å². The Balaban J connectivity index is 1.41. The van der Waals surface area contributed by atoms with Crippen LogP contribution < -0.4 is 10.1 Å². The molecule has 1 fully saturated rings. The average Bonchev–Trinajstić information content (AvgIpc) is 3.30. The molecule has 0 saturated carbocycles. The number of nitrogens with zero attached hydrogens (tertiary/aromatic N) is 5. The highest BCUT2D eigenvalue weighted by atomic mass is 19.1. The number of benzene rings is 1. The first-order chi connectivity index (χ1) is 12.3. The Hall–Kier alpha value is -2.81. The molecule has 25 heavy (non-hydrogen) atoms. The third-order valence-electron chi connectivity index (χ3n) is 4.04. The Kier molecular flexibility index (Phi) is 4.38. The standard InChI is InChI=1S/C16H17FN6O2/c17-11-2-1-3-13(8-11)24-10-15-19-16(25-21-15)14-9-23(22-20-14)12-4-6-18-7-5-12/h1-3,8-9,12,18H,4-7,10H2.